The van der Waals surface area contributed by atoms with E-state index in [0.29, 0.717) is 12.2 Å². The summed E-state index contributed by atoms with van der Waals surface area (Å²) in [5.74, 6) is 0.535. The van der Waals surface area contributed by atoms with Gasteiger partial charge in [-0.1, -0.05) is 85.4 Å². The van der Waals surface area contributed by atoms with Crippen LogP contribution in [-0.2, 0) is 4.79 Å². The Kier molecular flexibility index (Phi) is 22.9. The minimum Gasteiger partial charge on any atom is -0.299 e. The molecule has 24 heavy (non-hydrogen) atoms. The molecular weight excluding hydrogens is 299 g/mol. The van der Waals surface area contributed by atoms with E-state index < -0.39 is 0 Å². The number of carbonyl (C=O) groups is 1. The Morgan fingerprint density at radius 3 is 1.75 bits per heavy atom. The fraction of sp³-hybridized carbons (Fsp3) is 0.682. The van der Waals surface area contributed by atoms with Crippen LogP contribution >= 0.6 is 0 Å². The lowest BCUT2D eigenvalue weighted by molar-refractivity contribution is -0.122. The van der Waals surface area contributed by atoms with Crippen LogP contribution in [-0.4, -0.2) is 5.78 Å². The second kappa shape index (κ2) is 19.9. The van der Waals surface area contributed by atoms with Crippen molar-refractivity contribution in [1.82, 2.24) is 0 Å². The van der Waals surface area contributed by atoms with E-state index in [1.54, 1.807) is 13.0 Å². The van der Waals surface area contributed by atoms with Crippen LogP contribution in [0, 0.1) is 25.6 Å². The van der Waals surface area contributed by atoms with Gasteiger partial charge in [0.25, 0.3) is 0 Å². The maximum Gasteiger partial charge on any atom is 0.135 e. The summed E-state index contributed by atoms with van der Waals surface area (Å²) < 4.78 is 12.5. The summed E-state index contributed by atoms with van der Waals surface area (Å²) >= 11 is 0. The topological polar surface area (TPSA) is 17.1 Å². The van der Waals surface area contributed by atoms with Gasteiger partial charge in [0.2, 0.25) is 0 Å². The van der Waals surface area contributed by atoms with Crippen molar-refractivity contribution >= 4 is 5.78 Å². The third-order valence-electron chi connectivity index (χ3n) is 3.53. The first-order chi connectivity index (χ1) is 11.3. The van der Waals surface area contributed by atoms with Crippen molar-refractivity contribution in [1.29, 1.82) is 0 Å². The Hall–Kier alpha value is -1.18. The fourth-order valence-corrected chi connectivity index (χ4v) is 1.72. The van der Waals surface area contributed by atoms with Crippen LogP contribution < -0.4 is 0 Å². The zero-order valence-electron chi connectivity index (χ0n) is 17.6. The van der Waals surface area contributed by atoms with Crippen molar-refractivity contribution < 1.29 is 9.18 Å². The third-order valence-corrected chi connectivity index (χ3v) is 3.53. The van der Waals surface area contributed by atoms with Gasteiger partial charge in [-0.2, -0.15) is 0 Å². The minimum absolute atomic E-state index is 0.124. The standard InChI is InChI=1S/C8H9F.C7H14O.C5H12.C2H6/c1-6-3-4-8(9)7(2)5-6;1-4-6(3)7(8)5-2;1-3-5-4-2;1-2/h3-5H,1-2H3;6H,4-5H2,1-3H3;3-5H2,1-2H3;1-2H3. The van der Waals surface area contributed by atoms with E-state index in [1.165, 1.54) is 25.3 Å². The summed E-state index contributed by atoms with van der Waals surface area (Å²) in [4.78, 5) is 10.7. The molecule has 0 fully saturated rings. The molecule has 0 radical (unpaired) electrons. The van der Waals surface area contributed by atoms with E-state index in [1.807, 2.05) is 47.6 Å². The summed E-state index contributed by atoms with van der Waals surface area (Å²) in [5.41, 5.74) is 1.82. The first kappa shape index (κ1) is 27.7. The van der Waals surface area contributed by atoms with Crippen LogP contribution in [0.3, 0.4) is 0 Å². The Morgan fingerprint density at radius 1 is 1.04 bits per heavy atom. The Bertz CT molecular complexity index is 397. The molecule has 1 aromatic carbocycles. The molecular formula is C22H41FO. The van der Waals surface area contributed by atoms with Crippen LogP contribution in [0.15, 0.2) is 18.2 Å². The highest BCUT2D eigenvalue weighted by atomic mass is 19.1. The summed E-state index contributed by atoms with van der Waals surface area (Å²) in [6.07, 6.45) is 5.74. The zero-order valence-corrected chi connectivity index (χ0v) is 17.6. The number of halogens is 1. The molecule has 0 aliphatic heterocycles. The van der Waals surface area contributed by atoms with E-state index in [-0.39, 0.29) is 11.7 Å². The van der Waals surface area contributed by atoms with Crippen molar-refractivity contribution in [3.8, 4) is 0 Å². The number of benzene rings is 1. The Labute approximate surface area is 151 Å². The molecule has 0 N–H and O–H groups in total. The number of hydrogen-bond acceptors (Lipinski definition) is 1. The number of Topliss-reactive ketones (excluding diaryl/α,β-unsaturated/α-hetero) is 1. The minimum atomic E-state index is -0.124. The molecule has 1 unspecified atom stereocenters. The molecule has 0 bridgehead atoms. The molecule has 0 amide bonds. The predicted molar refractivity (Wildman–Crippen MR) is 107 cm³/mol. The van der Waals surface area contributed by atoms with Gasteiger partial charge in [-0.05, 0) is 31.9 Å². The van der Waals surface area contributed by atoms with Gasteiger partial charge in [-0.3, -0.25) is 4.79 Å². The SMILES string of the molecule is CC.CCC(=O)C(C)CC.CCCCC.Cc1ccc(F)c(C)c1. The van der Waals surface area contributed by atoms with Gasteiger partial charge >= 0.3 is 0 Å². The average molecular weight is 341 g/mol. The van der Waals surface area contributed by atoms with Crippen LogP contribution in [0.1, 0.15) is 91.7 Å². The molecule has 0 saturated carbocycles. The van der Waals surface area contributed by atoms with Crippen LogP contribution in [0.25, 0.3) is 0 Å². The Balaban J connectivity index is -0.000000272. The molecule has 0 aliphatic carbocycles. The lowest BCUT2D eigenvalue weighted by Crippen LogP contribution is -2.06. The first-order valence-corrected chi connectivity index (χ1v) is 9.59. The third kappa shape index (κ3) is 17.2. The molecule has 1 nitrogen and oxygen atoms in total. The van der Waals surface area contributed by atoms with Crippen molar-refractivity contribution in [3.63, 3.8) is 0 Å². The monoisotopic (exact) mass is 340 g/mol. The van der Waals surface area contributed by atoms with E-state index in [4.69, 9.17) is 0 Å². The molecule has 1 atom stereocenters. The van der Waals surface area contributed by atoms with E-state index in [9.17, 15) is 9.18 Å². The van der Waals surface area contributed by atoms with Gasteiger partial charge in [0.05, 0.1) is 0 Å². The normalized spacial score (nSPS) is 10.1. The molecule has 142 valence electrons. The molecule has 0 heterocycles. The maximum absolute atomic E-state index is 12.5. The summed E-state index contributed by atoms with van der Waals surface area (Å²) in [6.45, 7) is 18.1. The van der Waals surface area contributed by atoms with Crippen LogP contribution in [0.4, 0.5) is 4.39 Å². The summed E-state index contributed by atoms with van der Waals surface area (Å²) in [7, 11) is 0. The fourth-order valence-electron chi connectivity index (χ4n) is 1.72. The molecule has 1 rings (SSSR count). The smallest absolute Gasteiger partial charge is 0.135 e. The second-order valence-corrected chi connectivity index (χ2v) is 5.74. The van der Waals surface area contributed by atoms with Crippen LogP contribution in [0.5, 0.6) is 0 Å². The molecule has 0 aromatic heterocycles. The van der Waals surface area contributed by atoms with Crippen LogP contribution in [0.2, 0.25) is 0 Å². The van der Waals surface area contributed by atoms with Gasteiger partial charge < -0.3 is 0 Å². The Morgan fingerprint density at radius 2 is 1.54 bits per heavy atom. The quantitative estimate of drug-likeness (QED) is 0.537. The largest absolute Gasteiger partial charge is 0.299 e. The van der Waals surface area contributed by atoms with Gasteiger partial charge in [0.1, 0.15) is 11.6 Å². The van der Waals surface area contributed by atoms with Gasteiger partial charge in [0, 0.05) is 12.3 Å². The number of unbranched alkanes of at least 4 members (excludes halogenated alkanes) is 2. The molecule has 0 saturated heterocycles. The van der Waals surface area contributed by atoms with Crippen molar-refractivity contribution in [3.05, 3.63) is 35.1 Å². The van der Waals surface area contributed by atoms with Gasteiger partial charge in [-0.15, -0.1) is 0 Å². The number of aryl methyl sites for hydroxylation is 2. The number of carbonyl (C=O) groups excluding carboxylic acids is 1. The highest BCUT2D eigenvalue weighted by Gasteiger charge is 2.05. The summed E-state index contributed by atoms with van der Waals surface area (Å²) in [6, 6.07) is 5.09. The van der Waals surface area contributed by atoms with E-state index in [0.717, 1.165) is 17.5 Å². The first-order valence-electron chi connectivity index (χ1n) is 9.59. The van der Waals surface area contributed by atoms with Gasteiger partial charge in [-0.25, -0.2) is 4.39 Å². The second-order valence-electron chi connectivity index (χ2n) is 5.74. The van der Waals surface area contributed by atoms with E-state index >= 15 is 0 Å². The van der Waals surface area contributed by atoms with Crippen molar-refractivity contribution in [2.75, 3.05) is 0 Å². The average Bonchev–Trinajstić information content (AvgIpc) is 2.60. The zero-order chi connectivity index (χ0) is 19.5. The lowest BCUT2D eigenvalue weighted by atomic mass is 10.0. The van der Waals surface area contributed by atoms with Crippen molar-refractivity contribution in [2.45, 2.75) is 94.4 Å². The molecule has 0 aliphatic rings. The van der Waals surface area contributed by atoms with E-state index in [2.05, 4.69) is 13.8 Å². The molecule has 2 heteroatoms. The predicted octanol–water partition coefficient (Wildman–Crippen LogP) is 7.68. The molecule has 0 spiro atoms. The highest BCUT2D eigenvalue weighted by molar-refractivity contribution is 5.80. The van der Waals surface area contributed by atoms with Crippen molar-refractivity contribution in [2.24, 2.45) is 5.92 Å². The molecule has 1 aromatic rings. The summed E-state index contributed by atoms with van der Waals surface area (Å²) in [5, 5.41) is 0. The lowest BCUT2D eigenvalue weighted by Gasteiger charge is -2.02. The number of rotatable bonds is 5. The number of hydrogen-bond donors (Lipinski definition) is 0. The van der Waals surface area contributed by atoms with Gasteiger partial charge in [0.15, 0.2) is 0 Å². The maximum atomic E-state index is 12.5. The highest BCUT2D eigenvalue weighted by Crippen LogP contribution is 2.07. The number of ketones is 1.